The number of hydrogen-bond donors (Lipinski definition) is 1. The average Bonchev–Trinajstić information content (AvgIpc) is 2.83. The molecule has 4 nitrogen and oxygen atoms in total. The maximum absolute atomic E-state index is 11.5. The molecular formula is C15H20ClNO3. The molecule has 0 radical (unpaired) electrons. The van der Waals surface area contributed by atoms with Gasteiger partial charge in [-0.05, 0) is 44.0 Å². The molecule has 1 saturated heterocycles. The lowest BCUT2D eigenvalue weighted by molar-refractivity contribution is -0.150. The van der Waals surface area contributed by atoms with Gasteiger partial charge in [0.15, 0.2) is 0 Å². The van der Waals surface area contributed by atoms with Gasteiger partial charge in [0.2, 0.25) is 0 Å². The third-order valence-corrected chi connectivity index (χ3v) is 4.27. The lowest BCUT2D eigenvalue weighted by atomic mass is 9.93. The van der Waals surface area contributed by atoms with E-state index in [0.717, 1.165) is 19.4 Å². The summed E-state index contributed by atoms with van der Waals surface area (Å²) in [7, 11) is 0. The Hall–Kier alpha value is -1.26. The Morgan fingerprint density at radius 3 is 3.00 bits per heavy atom. The standard InChI is InChI=1S/C15H20ClNO3/c1-2-15(14(18)19)7-4-8-17(15)9-10-20-13-6-3-5-12(16)11-13/h3,5-6,11H,2,4,7-10H2,1H3,(H,18,19). The Morgan fingerprint density at radius 2 is 2.35 bits per heavy atom. The number of carboxylic acids is 1. The molecule has 20 heavy (non-hydrogen) atoms. The first-order valence-corrected chi connectivity index (χ1v) is 7.33. The Bertz CT molecular complexity index is 480. The summed E-state index contributed by atoms with van der Waals surface area (Å²) >= 11 is 5.89. The van der Waals surface area contributed by atoms with Crippen LogP contribution in [0.1, 0.15) is 26.2 Å². The van der Waals surface area contributed by atoms with Crippen molar-refractivity contribution in [3.05, 3.63) is 29.3 Å². The molecule has 1 N–H and O–H groups in total. The van der Waals surface area contributed by atoms with E-state index in [-0.39, 0.29) is 0 Å². The molecule has 0 aromatic heterocycles. The van der Waals surface area contributed by atoms with Crippen LogP contribution >= 0.6 is 11.6 Å². The van der Waals surface area contributed by atoms with E-state index in [2.05, 4.69) is 0 Å². The highest BCUT2D eigenvalue weighted by Crippen LogP contribution is 2.32. The van der Waals surface area contributed by atoms with Gasteiger partial charge in [-0.25, -0.2) is 0 Å². The van der Waals surface area contributed by atoms with Gasteiger partial charge in [-0.15, -0.1) is 0 Å². The van der Waals surface area contributed by atoms with E-state index in [1.807, 2.05) is 24.0 Å². The van der Waals surface area contributed by atoms with Crippen LogP contribution in [0.25, 0.3) is 0 Å². The summed E-state index contributed by atoms with van der Waals surface area (Å²) in [6.07, 6.45) is 2.27. The van der Waals surface area contributed by atoms with Crippen LogP contribution in [-0.2, 0) is 4.79 Å². The fourth-order valence-electron chi connectivity index (χ4n) is 2.88. The van der Waals surface area contributed by atoms with Gasteiger partial charge in [0.25, 0.3) is 0 Å². The molecule has 1 aliphatic rings. The number of likely N-dealkylation sites (tertiary alicyclic amines) is 1. The van der Waals surface area contributed by atoms with E-state index >= 15 is 0 Å². The summed E-state index contributed by atoms with van der Waals surface area (Å²) in [5, 5.41) is 10.1. The summed E-state index contributed by atoms with van der Waals surface area (Å²) in [6.45, 7) is 3.84. The zero-order chi connectivity index (χ0) is 14.6. The van der Waals surface area contributed by atoms with Crippen LogP contribution in [-0.4, -0.2) is 41.2 Å². The van der Waals surface area contributed by atoms with Gasteiger partial charge in [-0.2, -0.15) is 0 Å². The van der Waals surface area contributed by atoms with Crippen LogP contribution in [0, 0.1) is 0 Å². The number of hydrogen-bond acceptors (Lipinski definition) is 3. The minimum atomic E-state index is -0.722. The molecule has 1 atom stereocenters. The number of carbonyl (C=O) groups is 1. The Kier molecular flexibility index (Phi) is 4.89. The normalized spacial score (nSPS) is 22.9. The number of benzene rings is 1. The molecule has 0 aliphatic carbocycles. The molecule has 1 aliphatic heterocycles. The van der Waals surface area contributed by atoms with Crippen molar-refractivity contribution in [1.29, 1.82) is 0 Å². The number of ether oxygens (including phenoxy) is 1. The fraction of sp³-hybridized carbons (Fsp3) is 0.533. The summed E-state index contributed by atoms with van der Waals surface area (Å²) in [5.41, 5.74) is -0.711. The molecule has 1 aromatic carbocycles. The molecule has 110 valence electrons. The molecule has 0 amide bonds. The minimum absolute atomic E-state index is 0.468. The second-order valence-electron chi connectivity index (χ2n) is 5.09. The number of nitrogens with zero attached hydrogens (tertiary/aromatic N) is 1. The predicted octanol–water partition coefficient (Wildman–Crippen LogP) is 3.05. The lowest BCUT2D eigenvalue weighted by Crippen LogP contribution is -2.51. The van der Waals surface area contributed by atoms with E-state index in [9.17, 15) is 9.90 Å². The van der Waals surface area contributed by atoms with Crippen molar-refractivity contribution in [2.24, 2.45) is 0 Å². The lowest BCUT2D eigenvalue weighted by Gasteiger charge is -2.33. The quantitative estimate of drug-likeness (QED) is 0.877. The van der Waals surface area contributed by atoms with Gasteiger partial charge in [0.1, 0.15) is 17.9 Å². The molecule has 0 bridgehead atoms. The monoisotopic (exact) mass is 297 g/mol. The molecule has 2 rings (SSSR count). The predicted molar refractivity (Wildman–Crippen MR) is 78.4 cm³/mol. The molecule has 1 aromatic rings. The van der Waals surface area contributed by atoms with Crippen LogP contribution in [0.15, 0.2) is 24.3 Å². The van der Waals surface area contributed by atoms with E-state index in [0.29, 0.717) is 30.3 Å². The molecule has 0 saturated carbocycles. The summed E-state index contributed by atoms with van der Waals surface area (Å²) in [4.78, 5) is 13.6. The van der Waals surface area contributed by atoms with E-state index < -0.39 is 11.5 Å². The van der Waals surface area contributed by atoms with Crippen LogP contribution in [0.3, 0.4) is 0 Å². The van der Waals surface area contributed by atoms with Gasteiger partial charge in [-0.3, -0.25) is 9.69 Å². The second-order valence-corrected chi connectivity index (χ2v) is 5.52. The highest BCUT2D eigenvalue weighted by atomic mass is 35.5. The maximum Gasteiger partial charge on any atom is 0.324 e. The topological polar surface area (TPSA) is 49.8 Å². The van der Waals surface area contributed by atoms with Crippen molar-refractivity contribution < 1.29 is 14.6 Å². The zero-order valence-electron chi connectivity index (χ0n) is 11.6. The van der Waals surface area contributed by atoms with Crippen molar-refractivity contribution in [2.75, 3.05) is 19.7 Å². The van der Waals surface area contributed by atoms with Crippen molar-refractivity contribution in [3.8, 4) is 5.75 Å². The highest BCUT2D eigenvalue weighted by Gasteiger charge is 2.45. The van der Waals surface area contributed by atoms with Crippen molar-refractivity contribution in [2.45, 2.75) is 31.7 Å². The average molecular weight is 298 g/mol. The number of rotatable bonds is 6. The first kappa shape index (κ1) is 15.1. The van der Waals surface area contributed by atoms with Crippen molar-refractivity contribution in [3.63, 3.8) is 0 Å². The van der Waals surface area contributed by atoms with Crippen LogP contribution in [0.5, 0.6) is 5.75 Å². The number of carboxylic acid groups (broad SMARTS) is 1. The maximum atomic E-state index is 11.5. The molecule has 1 unspecified atom stereocenters. The van der Waals surface area contributed by atoms with Gasteiger partial charge >= 0.3 is 5.97 Å². The zero-order valence-corrected chi connectivity index (χ0v) is 12.4. The number of aliphatic carboxylic acids is 1. The van der Waals surface area contributed by atoms with E-state index in [1.54, 1.807) is 12.1 Å². The SMILES string of the molecule is CCC1(C(=O)O)CCCN1CCOc1cccc(Cl)c1. The van der Waals surface area contributed by atoms with Crippen molar-refractivity contribution >= 4 is 17.6 Å². The minimum Gasteiger partial charge on any atom is -0.492 e. The van der Waals surface area contributed by atoms with Crippen molar-refractivity contribution in [1.82, 2.24) is 4.90 Å². The van der Waals surface area contributed by atoms with Gasteiger partial charge < -0.3 is 9.84 Å². The molecule has 1 fully saturated rings. The Balaban J connectivity index is 1.92. The summed E-state index contributed by atoms with van der Waals surface area (Å²) in [5.74, 6) is -0.00521. The van der Waals surface area contributed by atoms with Crippen LogP contribution in [0.4, 0.5) is 0 Å². The van der Waals surface area contributed by atoms with E-state index in [1.165, 1.54) is 0 Å². The summed E-state index contributed by atoms with van der Waals surface area (Å²) in [6, 6.07) is 7.23. The Morgan fingerprint density at radius 1 is 1.55 bits per heavy atom. The third-order valence-electron chi connectivity index (χ3n) is 4.03. The third kappa shape index (κ3) is 3.07. The van der Waals surface area contributed by atoms with Gasteiger partial charge in [0, 0.05) is 11.6 Å². The van der Waals surface area contributed by atoms with Crippen LogP contribution < -0.4 is 4.74 Å². The molecule has 1 heterocycles. The smallest absolute Gasteiger partial charge is 0.324 e. The first-order chi connectivity index (χ1) is 9.58. The van der Waals surface area contributed by atoms with Crippen LogP contribution in [0.2, 0.25) is 5.02 Å². The Labute approximate surface area is 124 Å². The molecular weight excluding hydrogens is 278 g/mol. The highest BCUT2D eigenvalue weighted by molar-refractivity contribution is 6.30. The van der Waals surface area contributed by atoms with Gasteiger partial charge in [0.05, 0.1) is 0 Å². The summed E-state index contributed by atoms with van der Waals surface area (Å²) < 4.78 is 5.65. The van der Waals surface area contributed by atoms with E-state index in [4.69, 9.17) is 16.3 Å². The second kappa shape index (κ2) is 6.46. The van der Waals surface area contributed by atoms with Gasteiger partial charge in [-0.1, -0.05) is 24.6 Å². The fourth-order valence-corrected chi connectivity index (χ4v) is 3.06. The number of halogens is 1. The largest absolute Gasteiger partial charge is 0.492 e. The first-order valence-electron chi connectivity index (χ1n) is 6.95. The molecule has 5 heteroatoms. The molecule has 0 spiro atoms.